The van der Waals surface area contributed by atoms with Crippen LogP contribution in [0.3, 0.4) is 0 Å². The van der Waals surface area contributed by atoms with E-state index in [9.17, 15) is 4.79 Å². The van der Waals surface area contributed by atoms with Crippen molar-refractivity contribution in [1.29, 1.82) is 0 Å². The number of hydrogen-bond donors (Lipinski definition) is 0. The van der Waals surface area contributed by atoms with Crippen LogP contribution >= 0.6 is 34.8 Å². The maximum atomic E-state index is 12.7. The largest absolute Gasteiger partial charge is 0.289 e. The predicted octanol–water partition coefficient (Wildman–Crippen LogP) is 6.01. The molecule has 0 aromatic heterocycles. The van der Waals surface area contributed by atoms with E-state index in [-0.39, 0.29) is 5.78 Å². The third-order valence-electron chi connectivity index (χ3n) is 3.84. The van der Waals surface area contributed by atoms with E-state index in [4.69, 9.17) is 34.8 Å². The molecule has 3 aromatic carbocycles. The molecule has 0 aliphatic heterocycles. The highest BCUT2D eigenvalue weighted by Crippen LogP contribution is 2.49. The van der Waals surface area contributed by atoms with Crippen molar-refractivity contribution in [2.24, 2.45) is 0 Å². The molecule has 0 fully saturated rings. The smallest absolute Gasteiger partial charge is 0.194 e. The van der Waals surface area contributed by atoms with E-state index in [2.05, 4.69) is 0 Å². The van der Waals surface area contributed by atoms with Gasteiger partial charge in [-0.05, 0) is 5.56 Å². The molecule has 21 heavy (non-hydrogen) atoms. The maximum Gasteiger partial charge on any atom is 0.194 e. The van der Waals surface area contributed by atoms with Crippen LogP contribution in [0.5, 0.6) is 0 Å². The molecule has 1 aliphatic rings. The van der Waals surface area contributed by atoms with Crippen molar-refractivity contribution in [3.8, 4) is 11.1 Å². The van der Waals surface area contributed by atoms with Crippen molar-refractivity contribution in [3.05, 3.63) is 68.7 Å². The van der Waals surface area contributed by atoms with Gasteiger partial charge in [0.2, 0.25) is 0 Å². The molecule has 1 aliphatic carbocycles. The van der Waals surface area contributed by atoms with Gasteiger partial charge in [-0.1, -0.05) is 77.3 Å². The Morgan fingerprint density at radius 3 is 2.10 bits per heavy atom. The first kappa shape index (κ1) is 13.1. The van der Waals surface area contributed by atoms with Crippen molar-refractivity contribution < 1.29 is 4.79 Å². The molecule has 0 spiro atoms. The number of carbonyl (C=O) groups is 1. The van der Waals surface area contributed by atoms with E-state index in [0.717, 1.165) is 21.9 Å². The first-order valence-corrected chi connectivity index (χ1v) is 7.48. The molecule has 4 rings (SSSR count). The number of fused-ring (bicyclic) bond motifs is 2. The van der Waals surface area contributed by atoms with Crippen LogP contribution in [0, 0.1) is 0 Å². The van der Waals surface area contributed by atoms with E-state index < -0.39 is 0 Å². The summed E-state index contributed by atoms with van der Waals surface area (Å²) in [6.45, 7) is 0. The van der Waals surface area contributed by atoms with E-state index in [1.54, 1.807) is 12.1 Å². The van der Waals surface area contributed by atoms with Gasteiger partial charge in [-0.15, -0.1) is 0 Å². The van der Waals surface area contributed by atoms with Crippen LogP contribution < -0.4 is 0 Å². The first-order valence-electron chi connectivity index (χ1n) is 6.34. The van der Waals surface area contributed by atoms with Gasteiger partial charge >= 0.3 is 0 Å². The molecule has 0 amide bonds. The average molecular weight is 334 g/mol. The Labute approximate surface area is 136 Å². The minimum Gasteiger partial charge on any atom is -0.289 e. The monoisotopic (exact) mass is 332 g/mol. The zero-order valence-electron chi connectivity index (χ0n) is 10.6. The third-order valence-corrected chi connectivity index (χ3v) is 5.18. The minimum atomic E-state index is -0.0156. The fourth-order valence-corrected chi connectivity index (χ4v) is 3.71. The highest BCUT2D eigenvalue weighted by Gasteiger charge is 2.29. The van der Waals surface area contributed by atoms with Crippen LogP contribution in [-0.2, 0) is 0 Å². The number of benzene rings is 3. The SMILES string of the molecule is O=C1c2ccccc2-c2c(Cl)c(Cl)c(Cl)c3cccc1c23. The average Bonchev–Trinajstić information content (AvgIpc) is 2.52. The van der Waals surface area contributed by atoms with Gasteiger partial charge in [0.15, 0.2) is 5.78 Å². The standard InChI is InChI=1S/C17H7Cl3O/c18-14-10-6-3-7-11-12(10)13(15(19)16(14)20)8-4-1-2-5-9(8)17(11)21/h1-7H. The second-order valence-electron chi connectivity index (χ2n) is 4.92. The fraction of sp³-hybridized carbons (Fsp3) is 0. The van der Waals surface area contributed by atoms with Crippen LogP contribution in [0.1, 0.15) is 15.9 Å². The Balaban J connectivity index is 2.34. The summed E-state index contributed by atoms with van der Waals surface area (Å²) in [7, 11) is 0. The van der Waals surface area contributed by atoms with Crippen LogP contribution in [-0.4, -0.2) is 5.78 Å². The van der Waals surface area contributed by atoms with Gasteiger partial charge in [0.25, 0.3) is 0 Å². The van der Waals surface area contributed by atoms with E-state index in [1.807, 2.05) is 30.3 Å². The molecule has 0 bridgehead atoms. The lowest BCUT2D eigenvalue weighted by molar-refractivity contribution is 0.104. The number of ketones is 1. The normalized spacial score (nSPS) is 12.6. The molecule has 4 heteroatoms. The summed E-state index contributed by atoms with van der Waals surface area (Å²) in [5.74, 6) is -0.0156. The van der Waals surface area contributed by atoms with Gasteiger partial charge in [0, 0.05) is 27.5 Å². The number of hydrogen-bond acceptors (Lipinski definition) is 1. The second kappa shape index (κ2) is 4.48. The molecular formula is C17H7Cl3O. The van der Waals surface area contributed by atoms with Crippen molar-refractivity contribution in [1.82, 2.24) is 0 Å². The summed E-state index contributed by atoms with van der Waals surface area (Å²) in [6.07, 6.45) is 0. The molecule has 3 aromatic rings. The Kier molecular flexibility index (Phi) is 2.80. The molecule has 1 nitrogen and oxygen atoms in total. The van der Waals surface area contributed by atoms with Crippen molar-refractivity contribution in [2.75, 3.05) is 0 Å². The van der Waals surface area contributed by atoms with Gasteiger partial charge in [0.1, 0.15) is 0 Å². The summed E-state index contributed by atoms with van der Waals surface area (Å²) < 4.78 is 0. The molecule has 0 saturated heterocycles. The van der Waals surface area contributed by atoms with Crippen molar-refractivity contribution in [3.63, 3.8) is 0 Å². The molecule has 0 heterocycles. The molecule has 0 saturated carbocycles. The van der Waals surface area contributed by atoms with Gasteiger partial charge in [-0.2, -0.15) is 0 Å². The molecular weight excluding hydrogens is 327 g/mol. The lowest BCUT2D eigenvalue weighted by atomic mass is 9.83. The summed E-state index contributed by atoms with van der Waals surface area (Å²) in [5, 5.41) is 2.63. The zero-order valence-corrected chi connectivity index (χ0v) is 12.9. The summed E-state index contributed by atoms with van der Waals surface area (Å²) in [6, 6.07) is 12.9. The van der Waals surface area contributed by atoms with Gasteiger partial charge < -0.3 is 0 Å². The molecule has 0 unspecified atom stereocenters. The van der Waals surface area contributed by atoms with Crippen LogP contribution in [0.25, 0.3) is 21.9 Å². The van der Waals surface area contributed by atoms with E-state index in [1.165, 1.54) is 0 Å². The molecule has 0 N–H and O–H groups in total. The fourth-order valence-electron chi connectivity index (χ4n) is 2.92. The maximum absolute atomic E-state index is 12.7. The lowest BCUT2D eigenvalue weighted by Gasteiger charge is -2.22. The van der Waals surface area contributed by atoms with Gasteiger partial charge in [-0.3, -0.25) is 4.79 Å². The predicted molar refractivity (Wildman–Crippen MR) is 87.8 cm³/mol. The Morgan fingerprint density at radius 1 is 0.667 bits per heavy atom. The number of carbonyl (C=O) groups excluding carboxylic acids is 1. The van der Waals surface area contributed by atoms with Crippen molar-refractivity contribution >= 4 is 51.4 Å². The Bertz CT molecular complexity index is 944. The number of rotatable bonds is 0. The molecule has 0 radical (unpaired) electrons. The van der Waals surface area contributed by atoms with Gasteiger partial charge in [0.05, 0.1) is 15.1 Å². The second-order valence-corrected chi connectivity index (χ2v) is 6.05. The van der Waals surface area contributed by atoms with E-state index >= 15 is 0 Å². The van der Waals surface area contributed by atoms with Crippen LogP contribution in [0.2, 0.25) is 15.1 Å². The van der Waals surface area contributed by atoms with Crippen LogP contribution in [0.4, 0.5) is 0 Å². The van der Waals surface area contributed by atoms with E-state index in [0.29, 0.717) is 26.2 Å². The topological polar surface area (TPSA) is 17.1 Å². The zero-order chi connectivity index (χ0) is 14.7. The third kappa shape index (κ3) is 1.63. The highest BCUT2D eigenvalue weighted by atomic mass is 35.5. The highest BCUT2D eigenvalue weighted by molar-refractivity contribution is 6.53. The lowest BCUT2D eigenvalue weighted by Crippen LogP contribution is -2.10. The summed E-state index contributed by atoms with van der Waals surface area (Å²) in [4.78, 5) is 12.7. The first-order chi connectivity index (χ1) is 10.1. The Hall–Kier alpha value is -1.54. The Morgan fingerprint density at radius 2 is 1.33 bits per heavy atom. The van der Waals surface area contributed by atoms with Crippen molar-refractivity contribution in [2.45, 2.75) is 0 Å². The molecule has 102 valence electrons. The molecule has 0 atom stereocenters. The summed E-state index contributed by atoms with van der Waals surface area (Å²) in [5.41, 5.74) is 2.83. The number of halogens is 3. The van der Waals surface area contributed by atoms with Gasteiger partial charge in [-0.25, -0.2) is 0 Å². The summed E-state index contributed by atoms with van der Waals surface area (Å²) >= 11 is 19.0. The quantitative estimate of drug-likeness (QED) is 0.360. The minimum absolute atomic E-state index is 0.0156. The van der Waals surface area contributed by atoms with Crippen LogP contribution in [0.15, 0.2) is 42.5 Å².